The summed E-state index contributed by atoms with van der Waals surface area (Å²) >= 11 is 0. The van der Waals surface area contributed by atoms with Crippen LogP contribution >= 0.6 is 0 Å². The van der Waals surface area contributed by atoms with E-state index in [4.69, 9.17) is 14.9 Å². The molecule has 0 bridgehead atoms. The molecule has 3 N–H and O–H groups in total. The molecule has 0 aliphatic rings. The fraction of sp³-hybridized carbons (Fsp3) is 0.100. The topological polar surface area (TPSA) is 116 Å². The summed E-state index contributed by atoms with van der Waals surface area (Å²) in [7, 11) is 0. The van der Waals surface area contributed by atoms with Crippen LogP contribution in [0.4, 0.5) is 17.6 Å². The molecule has 0 saturated heterocycles. The van der Waals surface area contributed by atoms with Crippen molar-refractivity contribution >= 4 is 34.5 Å². The van der Waals surface area contributed by atoms with Crippen molar-refractivity contribution < 1.29 is 13.9 Å². The maximum absolute atomic E-state index is 12.3. The van der Waals surface area contributed by atoms with Gasteiger partial charge in [-0.2, -0.15) is 15.0 Å². The summed E-state index contributed by atoms with van der Waals surface area (Å²) in [6.45, 7) is 1.80. The summed E-state index contributed by atoms with van der Waals surface area (Å²) in [5.41, 5.74) is 8.25. The predicted octanol–water partition coefficient (Wildman–Crippen LogP) is 3.61. The third-order valence-electron chi connectivity index (χ3n) is 4.05. The average molecular weight is 375 g/mol. The summed E-state index contributed by atoms with van der Waals surface area (Å²) < 4.78 is 10.8. The zero-order valence-corrected chi connectivity index (χ0v) is 15.0. The van der Waals surface area contributed by atoms with Gasteiger partial charge in [0.1, 0.15) is 5.58 Å². The number of nitrogens with zero attached hydrogens (tertiary/aromatic N) is 3. The summed E-state index contributed by atoms with van der Waals surface area (Å²) in [6.07, 6.45) is 0. The highest BCUT2D eigenvalue weighted by Crippen LogP contribution is 2.20. The third-order valence-corrected chi connectivity index (χ3v) is 4.05. The molecule has 0 unspecified atom stereocenters. The molecule has 2 heterocycles. The Hall–Kier alpha value is -3.94. The highest BCUT2D eigenvalue weighted by Gasteiger charge is 2.15. The van der Waals surface area contributed by atoms with Crippen LogP contribution in [0.25, 0.3) is 11.0 Å². The Balaban J connectivity index is 1.48. The van der Waals surface area contributed by atoms with Crippen LogP contribution in [0, 0.1) is 6.92 Å². The van der Waals surface area contributed by atoms with Crippen molar-refractivity contribution in [3.8, 4) is 0 Å². The van der Waals surface area contributed by atoms with Crippen molar-refractivity contribution in [2.24, 2.45) is 0 Å². The van der Waals surface area contributed by atoms with E-state index in [9.17, 15) is 4.79 Å². The van der Waals surface area contributed by atoms with E-state index in [2.05, 4.69) is 20.3 Å². The fourth-order valence-electron chi connectivity index (χ4n) is 2.68. The number of aromatic nitrogens is 3. The Kier molecular flexibility index (Phi) is 4.59. The quantitative estimate of drug-likeness (QED) is 0.508. The molecule has 0 spiro atoms. The van der Waals surface area contributed by atoms with Crippen LogP contribution in [0.5, 0.6) is 0 Å². The zero-order valence-electron chi connectivity index (χ0n) is 15.0. The Morgan fingerprint density at radius 1 is 1.11 bits per heavy atom. The maximum Gasteiger partial charge on any atom is 0.374 e. The van der Waals surface area contributed by atoms with Gasteiger partial charge in [-0.05, 0) is 30.7 Å². The van der Waals surface area contributed by atoms with Gasteiger partial charge in [0.25, 0.3) is 0 Å². The van der Waals surface area contributed by atoms with E-state index in [1.54, 1.807) is 12.1 Å². The number of hydrogen-bond acceptors (Lipinski definition) is 8. The van der Waals surface area contributed by atoms with Crippen molar-refractivity contribution in [2.75, 3.05) is 11.1 Å². The van der Waals surface area contributed by atoms with Gasteiger partial charge in [-0.15, -0.1) is 0 Å². The number of nitrogens with two attached hydrogens (primary N) is 1. The van der Waals surface area contributed by atoms with E-state index in [1.165, 1.54) is 0 Å². The Bertz CT molecular complexity index is 1120. The lowest BCUT2D eigenvalue weighted by Gasteiger charge is -2.09. The van der Waals surface area contributed by atoms with Crippen LogP contribution in [-0.2, 0) is 11.3 Å². The number of rotatable bonds is 5. The number of carbonyl (C=O) groups is 1. The molecule has 0 fully saturated rings. The Labute approximate surface area is 160 Å². The summed E-state index contributed by atoms with van der Waals surface area (Å²) in [5.74, 6) is 0.0376. The molecule has 4 rings (SSSR count). The van der Waals surface area contributed by atoms with Gasteiger partial charge in [0.15, 0.2) is 12.4 Å². The van der Waals surface area contributed by atoms with E-state index >= 15 is 0 Å². The van der Waals surface area contributed by atoms with Gasteiger partial charge in [-0.3, -0.25) is 0 Å². The fourth-order valence-corrected chi connectivity index (χ4v) is 2.68. The highest BCUT2D eigenvalue weighted by molar-refractivity contribution is 5.92. The number of benzene rings is 2. The average Bonchev–Trinajstić information content (AvgIpc) is 3.12. The molecule has 140 valence electrons. The largest absolute Gasteiger partial charge is 0.452 e. The molecule has 0 amide bonds. The highest BCUT2D eigenvalue weighted by atomic mass is 16.5. The number of para-hydroxylation sites is 2. The van der Waals surface area contributed by atoms with Gasteiger partial charge in [0, 0.05) is 11.1 Å². The molecule has 28 heavy (non-hydrogen) atoms. The van der Waals surface area contributed by atoms with E-state index in [0.717, 1.165) is 16.6 Å². The van der Waals surface area contributed by atoms with Crippen molar-refractivity contribution in [1.82, 2.24) is 15.0 Å². The molecule has 0 atom stereocenters. The lowest BCUT2D eigenvalue weighted by atomic mass is 10.2. The molecular weight excluding hydrogens is 358 g/mol. The van der Waals surface area contributed by atoms with Crippen LogP contribution < -0.4 is 11.1 Å². The number of nitrogen functional groups attached to an aromatic ring is 1. The Morgan fingerprint density at radius 3 is 2.71 bits per heavy atom. The van der Waals surface area contributed by atoms with Crippen LogP contribution in [0.1, 0.15) is 21.9 Å². The van der Waals surface area contributed by atoms with Gasteiger partial charge in [-0.25, -0.2) is 4.79 Å². The van der Waals surface area contributed by atoms with Gasteiger partial charge in [0.2, 0.25) is 17.7 Å². The SMILES string of the molecule is Cc1ccccc1Nc1nc(N)nc(COC(=O)c2cc3ccccc3o2)n1. The molecule has 2 aromatic heterocycles. The van der Waals surface area contributed by atoms with Gasteiger partial charge >= 0.3 is 5.97 Å². The maximum atomic E-state index is 12.3. The monoisotopic (exact) mass is 375 g/mol. The first-order valence-corrected chi connectivity index (χ1v) is 8.57. The predicted molar refractivity (Wildman–Crippen MR) is 104 cm³/mol. The van der Waals surface area contributed by atoms with E-state index in [1.807, 2.05) is 49.4 Å². The minimum atomic E-state index is -0.608. The summed E-state index contributed by atoms with van der Waals surface area (Å²) in [6, 6.07) is 16.7. The number of ether oxygens (including phenoxy) is 1. The second-order valence-electron chi connectivity index (χ2n) is 6.10. The smallest absolute Gasteiger partial charge is 0.374 e. The lowest BCUT2D eigenvalue weighted by Crippen LogP contribution is -2.11. The van der Waals surface area contributed by atoms with E-state index in [-0.39, 0.29) is 30.1 Å². The zero-order chi connectivity index (χ0) is 19.5. The van der Waals surface area contributed by atoms with Crippen LogP contribution in [0.2, 0.25) is 0 Å². The molecule has 0 radical (unpaired) electrons. The first-order valence-electron chi connectivity index (χ1n) is 8.57. The number of anilines is 3. The number of esters is 1. The molecule has 8 heteroatoms. The third kappa shape index (κ3) is 3.75. The van der Waals surface area contributed by atoms with Crippen LogP contribution in [-0.4, -0.2) is 20.9 Å². The van der Waals surface area contributed by atoms with E-state index < -0.39 is 5.97 Å². The summed E-state index contributed by atoms with van der Waals surface area (Å²) in [4.78, 5) is 24.6. The van der Waals surface area contributed by atoms with Crippen molar-refractivity contribution in [3.63, 3.8) is 0 Å². The van der Waals surface area contributed by atoms with Crippen molar-refractivity contribution in [3.05, 3.63) is 71.7 Å². The molecule has 2 aromatic carbocycles. The molecule has 0 aliphatic heterocycles. The molecule has 0 saturated carbocycles. The number of hydrogen-bond donors (Lipinski definition) is 2. The van der Waals surface area contributed by atoms with Gasteiger partial charge in [-0.1, -0.05) is 36.4 Å². The van der Waals surface area contributed by atoms with Crippen molar-refractivity contribution in [2.45, 2.75) is 13.5 Å². The number of furan rings is 1. The molecule has 4 aromatic rings. The number of fused-ring (bicyclic) bond motifs is 1. The molecule has 8 nitrogen and oxygen atoms in total. The molecular formula is C20H17N5O3. The normalized spacial score (nSPS) is 10.8. The Morgan fingerprint density at radius 2 is 1.89 bits per heavy atom. The second-order valence-corrected chi connectivity index (χ2v) is 6.10. The lowest BCUT2D eigenvalue weighted by molar-refractivity contribution is 0.0428. The minimum Gasteiger partial charge on any atom is -0.452 e. The van der Waals surface area contributed by atoms with E-state index in [0.29, 0.717) is 5.58 Å². The van der Waals surface area contributed by atoms with Crippen LogP contribution in [0.3, 0.4) is 0 Å². The summed E-state index contributed by atoms with van der Waals surface area (Å²) in [5, 5.41) is 3.91. The van der Waals surface area contributed by atoms with Gasteiger partial charge < -0.3 is 20.2 Å². The van der Waals surface area contributed by atoms with Crippen LogP contribution in [0.15, 0.2) is 59.0 Å². The number of carbonyl (C=O) groups excluding carboxylic acids is 1. The minimum absolute atomic E-state index is 0.0286. The van der Waals surface area contributed by atoms with Crippen molar-refractivity contribution in [1.29, 1.82) is 0 Å². The number of nitrogens with one attached hydrogen (secondary N) is 1. The first kappa shape index (κ1) is 17.5. The first-order chi connectivity index (χ1) is 13.6. The molecule has 0 aliphatic carbocycles. The standard InChI is InChI=1S/C20H17N5O3/c1-12-6-2-4-8-14(12)22-20-24-17(23-19(21)25-20)11-27-18(26)16-10-13-7-3-5-9-15(13)28-16/h2-10H,11H2,1H3,(H3,21,22,23,24,25). The number of aryl methyl sites for hydroxylation is 1. The van der Waals surface area contributed by atoms with Gasteiger partial charge in [0.05, 0.1) is 0 Å². The second kappa shape index (κ2) is 7.36.